The van der Waals surface area contributed by atoms with E-state index >= 15 is 0 Å². The van der Waals surface area contributed by atoms with Crippen LogP contribution in [0.1, 0.15) is 49.6 Å². The van der Waals surface area contributed by atoms with Gasteiger partial charge in [-0.1, -0.05) is 25.5 Å². The zero-order chi connectivity index (χ0) is 25.8. The van der Waals surface area contributed by atoms with E-state index in [0.717, 1.165) is 24.5 Å². The van der Waals surface area contributed by atoms with Crippen LogP contribution in [0.25, 0.3) is 10.9 Å². The Morgan fingerprint density at radius 1 is 1.22 bits per heavy atom. The third-order valence-corrected chi connectivity index (χ3v) is 6.27. The van der Waals surface area contributed by atoms with Crippen molar-refractivity contribution in [2.45, 2.75) is 45.3 Å². The highest BCUT2D eigenvalue weighted by Gasteiger charge is 2.40. The fourth-order valence-corrected chi connectivity index (χ4v) is 4.67. The first-order valence-corrected chi connectivity index (χ1v) is 11.9. The third kappa shape index (κ3) is 4.90. The number of unbranched alkanes of at least 4 members (excludes halogenated alkanes) is 1. The molecule has 0 saturated carbocycles. The van der Waals surface area contributed by atoms with E-state index < -0.39 is 35.8 Å². The highest BCUT2D eigenvalue weighted by Crippen LogP contribution is 2.41. The van der Waals surface area contributed by atoms with Crippen LogP contribution in [0.3, 0.4) is 0 Å². The van der Waals surface area contributed by atoms with Crippen molar-refractivity contribution in [3.05, 3.63) is 64.9 Å². The lowest BCUT2D eigenvalue weighted by Crippen LogP contribution is -2.54. The van der Waals surface area contributed by atoms with E-state index in [2.05, 4.69) is 28.5 Å². The summed E-state index contributed by atoms with van der Waals surface area (Å²) in [6, 6.07) is 8.31. The van der Waals surface area contributed by atoms with Crippen LogP contribution in [-0.4, -0.2) is 41.2 Å². The molecule has 2 aromatic carbocycles. The molecule has 36 heavy (non-hydrogen) atoms. The maximum absolute atomic E-state index is 14.7. The Labute approximate surface area is 208 Å². The average Bonchev–Trinajstić information content (AvgIpc) is 3.22. The second-order valence-corrected chi connectivity index (χ2v) is 8.58. The zero-order valence-corrected chi connectivity index (χ0v) is 20.2. The Balaban J connectivity index is 1.83. The number of nitrogens with one attached hydrogen (secondary N) is 3. The lowest BCUT2D eigenvalue weighted by molar-refractivity contribution is -0.130. The minimum atomic E-state index is -0.711. The molecule has 188 valence electrons. The Morgan fingerprint density at radius 2 is 1.97 bits per heavy atom. The Morgan fingerprint density at radius 3 is 2.64 bits per heavy atom. The van der Waals surface area contributed by atoms with Gasteiger partial charge in [-0.2, -0.15) is 0 Å². The van der Waals surface area contributed by atoms with Gasteiger partial charge in [-0.15, -0.1) is 6.42 Å². The highest BCUT2D eigenvalue weighted by atomic mass is 19.1. The van der Waals surface area contributed by atoms with E-state index in [4.69, 9.17) is 11.2 Å². The highest BCUT2D eigenvalue weighted by molar-refractivity contribution is 5.95. The molecular weight excluding hydrogens is 466 g/mol. The maximum atomic E-state index is 14.7. The lowest BCUT2D eigenvalue weighted by Gasteiger charge is -2.41. The number of fused-ring (bicyclic) bond motifs is 3. The molecule has 7 nitrogen and oxygen atoms in total. The zero-order valence-electron chi connectivity index (χ0n) is 20.2. The molecule has 0 spiro atoms. The molecule has 1 aliphatic rings. The van der Waals surface area contributed by atoms with Crippen LogP contribution in [0.4, 0.5) is 19.3 Å². The Kier molecular flexibility index (Phi) is 7.55. The minimum absolute atomic E-state index is 0.175. The summed E-state index contributed by atoms with van der Waals surface area (Å²) in [5.74, 6) is 0.302. The molecule has 0 aliphatic carbocycles. The van der Waals surface area contributed by atoms with Gasteiger partial charge in [0.25, 0.3) is 5.91 Å². The first-order chi connectivity index (χ1) is 17.4. The number of anilines is 1. The van der Waals surface area contributed by atoms with E-state index in [1.54, 1.807) is 36.1 Å². The van der Waals surface area contributed by atoms with Gasteiger partial charge in [-0.05, 0) is 55.1 Å². The van der Waals surface area contributed by atoms with Crippen LogP contribution < -0.4 is 10.6 Å². The monoisotopic (exact) mass is 494 g/mol. The number of rotatable bonds is 7. The molecule has 0 fully saturated rings. The van der Waals surface area contributed by atoms with Crippen molar-refractivity contribution in [2.24, 2.45) is 0 Å². The van der Waals surface area contributed by atoms with Gasteiger partial charge in [0.05, 0.1) is 24.3 Å². The molecule has 0 radical (unpaired) electrons. The predicted octanol–water partition coefficient (Wildman–Crippen LogP) is 4.84. The standard InChI is InChI=1S/C27H28F2N4O3/c1-4-7-12-30-22-15-20-19-13-17(28)14-21(29)24(19)32-25(20)26(33(22)23(34)5-2)16-8-10-18(11-9-16)31-27(35)36-6-3/h2,8-11,13-14,22,26,30,32H,4,6-7,12,15H2,1,3H3,(H,31,35)/t22-,26+/m1/s1. The molecule has 0 bridgehead atoms. The van der Waals surface area contributed by atoms with Crippen LogP contribution in [-0.2, 0) is 16.0 Å². The molecule has 3 aromatic rings. The summed E-state index contributed by atoms with van der Waals surface area (Å²) in [4.78, 5) is 29.5. The quantitative estimate of drug-likeness (QED) is 0.324. The van der Waals surface area contributed by atoms with Crippen molar-refractivity contribution >= 4 is 28.6 Å². The van der Waals surface area contributed by atoms with Gasteiger partial charge in [-0.3, -0.25) is 15.4 Å². The van der Waals surface area contributed by atoms with Crippen LogP contribution in [0, 0.1) is 24.0 Å². The molecule has 3 N–H and O–H groups in total. The van der Waals surface area contributed by atoms with Crippen LogP contribution in [0.15, 0.2) is 36.4 Å². The molecule has 0 unspecified atom stereocenters. The Hall–Kier alpha value is -3.90. The number of nitrogens with zero attached hydrogens (tertiary/aromatic N) is 1. The van der Waals surface area contributed by atoms with Gasteiger partial charge >= 0.3 is 6.09 Å². The average molecular weight is 495 g/mol. The van der Waals surface area contributed by atoms with Crippen molar-refractivity contribution < 1.29 is 23.1 Å². The number of benzene rings is 2. The SMILES string of the molecule is C#CC(=O)N1[C@@H](c2ccc(NC(=O)OCC)cc2)c2[nH]c3c(F)cc(F)cc3c2C[C@@H]1NCCCC. The van der Waals surface area contributed by atoms with Gasteiger partial charge in [0.15, 0.2) is 0 Å². The van der Waals surface area contributed by atoms with Gasteiger partial charge in [0, 0.05) is 29.3 Å². The summed E-state index contributed by atoms with van der Waals surface area (Å²) in [5, 5.41) is 6.46. The normalized spacial score (nSPS) is 16.9. The number of aromatic amines is 1. The van der Waals surface area contributed by atoms with Crippen LogP contribution in [0.5, 0.6) is 0 Å². The molecular formula is C27H28F2N4O3. The molecule has 1 aliphatic heterocycles. The number of ether oxygens (including phenoxy) is 1. The summed E-state index contributed by atoms with van der Waals surface area (Å²) in [6.45, 7) is 4.65. The van der Waals surface area contributed by atoms with Crippen molar-refractivity contribution in [3.8, 4) is 12.3 Å². The lowest BCUT2D eigenvalue weighted by atomic mass is 9.90. The van der Waals surface area contributed by atoms with Crippen molar-refractivity contribution in [3.63, 3.8) is 0 Å². The van der Waals surface area contributed by atoms with Crippen LogP contribution in [0.2, 0.25) is 0 Å². The summed E-state index contributed by atoms with van der Waals surface area (Å²) < 4.78 is 33.8. The number of hydrogen-bond donors (Lipinski definition) is 3. The van der Waals surface area contributed by atoms with Gasteiger partial charge in [0.2, 0.25) is 0 Å². The first kappa shape index (κ1) is 25.2. The third-order valence-electron chi connectivity index (χ3n) is 6.27. The van der Waals surface area contributed by atoms with Crippen LogP contribution >= 0.6 is 0 Å². The number of terminal acetylenes is 1. The van der Waals surface area contributed by atoms with Crippen molar-refractivity contribution in [1.82, 2.24) is 15.2 Å². The second kappa shape index (κ2) is 10.8. The number of hydrogen-bond acceptors (Lipinski definition) is 4. The molecule has 4 rings (SSSR count). The maximum Gasteiger partial charge on any atom is 0.411 e. The molecule has 9 heteroatoms. The fraction of sp³-hybridized carbons (Fsp3) is 0.333. The predicted molar refractivity (Wildman–Crippen MR) is 133 cm³/mol. The molecule has 0 saturated heterocycles. The van der Waals surface area contributed by atoms with E-state index in [1.807, 2.05) is 0 Å². The summed E-state index contributed by atoms with van der Waals surface area (Å²) in [6.07, 6.45) is 6.66. The minimum Gasteiger partial charge on any atom is -0.450 e. The molecule has 1 aromatic heterocycles. The number of amides is 2. The van der Waals surface area contributed by atoms with E-state index in [-0.39, 0.29) is 12.1 Å². The number of halogens is 2. The molecule has 2 atom stereocenters. The second-order valence-electron chi connectivity index (χ2n) is 8.58. The summed E-state index contributed by atoms with van der Waals surface area (Å²) in [5.41, 5.74) is 2.65. The number of carbonyl (C=O) groups excluding carboxylic acids is 2. The summed E-state index contributed by atoms with van der Waals surface area (Å²) >= 11 is 0. The smallest absolute Gasteiger partial charge is 0.411 e. The van der Waals surface area contributed by atoms with Crippen molar-refractivity contribution in [2.75, 3.05) is 18.5 Å². The largest absolute Gasteiger partial charge is 0.450 e. The molecule has 2 heterocycles. The number of aromatic nitrogens is 1. The fourth-order valence-electron chi connectivity index (χ4n) is 4.67. The molecule has 2 amide bonds. The van der Waals surface area contributed by atoms with Crippen molar-refractivity contribution in [1.29, 1.82) is 0 Å². The number of carbonyl (C=O) groups is 2. The van der Waals surface area contributed by atoms with E-state index in [0.29, 0.717) is 35.3 Å². The van der Waals surface area contributed by atoms with E-state index in [1.165, 1.54) is 6.07 Å². The number of H-pyrrole nitrogens is 1. The van der Waals surface area contributed by atoms with E-state index in [9.17, 15) is 18.4 Å². The topological polar surface area (TPSA) is 86.5 Å². The van der Waals surface area contributed by atoms with Gasteiger partial charge < -0.3 is 14.6 Å². The van der Waals surface area contributed by atoms with Gasteiger partial charge in [-0.25, -0.2) is 13.6 Å². The summed E-state index contributed by atoms with van der Waals surface area (Å²) in [7, 11) is 0. The Bertz CT molecular complexity index is 1310. The first-order valence-electron chi connectivity index (χ1n) is 11.9. The van der Waals surface area contributed by atoms with Gasteiger partial charge in [0.1, 0.15) is 11.6 Å².